The Balaban J connectivity index is 2.16. The summed E-state index contributed by atoms with van der Waals surface area (Å²) in [5, 5.41) is 21.2. The molecule has 0 aliphatic rings. The number of phenols is 1. The maximum atomic E-state index is 11.6. The van der Waals surface area contributed by atoms with Gasteiger partial charge in [-0.2, -0.15) is 0 Å². The third-order valence-electron chi connectivity index (χ3n) is 4.86. The highest BCUT2D eigenvalue weighted by atomic mass is 16.3. The number of nitrogens with zero attached hydrogens (tertiary/aromatic N) is 1. The van der Waals surface area contributed by atoms with Gasteiger partial charge in [0.2, 0.25) is 0 Å². The molecule has 0 saturated carbocycles. The summed E-state index contributed by atoms with van der Waals surface area (Å²) in [5.41, 5.74) is 0.678. The van der Waals surface area contributed by atoms with Crippen molar-refractivity contribution in [3.63, 3.8) is 0 Å². The summed E-state index contributed by atoms with van der Waals surface area (Å²) in [5.74, 6) is 1.48. The van der Waals surface area contributed by atoms with Crippen LogP contribution in [-0.2, 0) is 5.60 Å². The van der Waals surface area contributed by atoms with Gasteiger partial charge in [0, 0.05) is 13.1 Å². The lowest BCUT2D eigenvalue weighted by Crippen LogP contribution is -2.34. The molecule has 0 saturated heterocycles. The zero-order valence-electron chi connectivity index (χ0n) is 17.2. The van der Waals surface area contributed by atoms with Crippen molar-refractivity contribution >= 4 is 0 Å². The van der Waals surface area contributed by atoms with E-state index in [1.165, 1.54) is 0 Å². The van der Waals surface area contributed by atoms with Gasteiger partial charge in [0.15, 0.2) is 0 Å². The molecule has 0 aromatic heterocycles. The van der Waals surface area contributed by atoms with Gasteiger partial charge in [-0.25, -0.2) is 0 Å². The van der Waals surface area contributed by atoms with Crippen molar-refractivity contribution in [1.82, 2.24) is 4.90 Å². The van der Waals surface area contributed by atoms with E-state index < -0.39 is 5.60 Å². The summed E-state index contributed by atoms with van der Waals surface area (Å²) in [6.07, 6.45) is 1.56. The minimum atomic E-state index is -1.05. The predicted octanol–water partition coefficient (Wildman–Crippen LogP) is 5.02. The fourth-order valence-electron chi connectivity index (χ4n) is 3.75. The van der Waals surface area contributed by atoms with Crippen molar-refractivity contribution in [3.8, 4) is 5.75 Å². The number of aromatic hydroxyl groups is 1. The molecule has 0 aliphatic carbocycles. The molecule has 3 nitrogen and oxygen atoms in total. The van der Waals surface area contributed by atoms with E-state index in [0.717, 1.165) is 37.2 Å². The highest BCUT2D eigenvalue weighted by molar-refractivity contribution is 5.38. The molecule has 0 aliphatic heterocycles. The van der Waals surface area contributed by atoms with Crippen LogP contribution < -0.4 is 0 Å². The highest BCUT2D eigenvalue weighted by Gasteiger charge is 2.31. The van der Waals surface area contributed by atoms with Gasteiger partial charge in [-0.1, -0.05) is 70.2 Å². The lowest BCUT2D eigenvalue weighted by Gasteiger charge is -2.32. The van der Waals surface area contributed by atoms with E-state index >= 15 is 0 Å². The van der Waals surface area contributed by atoms with Crippen LogP contribution in [0.15, 0.2) is 54.6 Å². The van der Waals surface area contributed by atoms with Crippen molar-refractivity contribution in [3.05, 3.63) is 65.7 Å². The van der Waals surface area contributed by atoms with Gasteiger partial charge in [-0.15, -0.1) is 0 Å². The van der Waals surface area contributed by atoms with Crippen molar-refractivity contribution in [2.45, 2.75) is 46.1 Å². The van der Waals surface area contributed by atoms with Gasteiger partial charge < -0.3 is 15.1 Å². The molecular formula is C24H35NO2. The average Bonchev–Trinajstić information content (AvgIpc) is 2.61. The third kappa shape index (κ3) is 6.37. The molecule has 1 atom stereocenters. The van der Waals surface area contributed by atoms with Crippen LogP contribution in [0.25, 0.3) is 0 Å². The van der Waals surface area contributed by atoms with Gasteiger partial charge in [0.05, 0.1) is 0 Å². The summed E-state index contributed by atoms with van der Waals surface area (Å²) in [4.78, 5) is 2.51. The van der Waals surface area contributed by atoms with E-state index in [1.54, 1.807) is 12.1 Å². The fraction of sp³-hybridized carbons (Fsp3) is 0.500. The second-order valence-corrected chi connectivity index (χ2v) is 8.42. The first-order valence-electron chi connectivity index (χ1n) is 10.1. The van der Waals surface area contributed by atoms with Crippen molar-refractivity contribution in [2.75, 3.05) is 19.6 Å². The summed E-state index contributed by atoms with van der Waals surface area (Å²) in [7, 11) is 0. The average molecular weight is 370 g/mol. The molecule has 3 heteroatoms. The molecule has 2 aromatic rings. The molecule has 148 valence electrons. The smallest absolute Gasteiger partial charge is 0.115 e. The van der Waals surface area contributed by atoms with Gasteiger partial charge >= 0.3 is 0 Å². The first kappa shape index (κ1) is 21.5. The van der Waals surface area contributed by atoms with E-state index in [4.69, 9.17) is 0 Å². The Bertz CT molecular complexity index is 657. The van der Waals surface area contributed by atoms with Crippen LogP contribution in [0, 0.1) is 11.8 Å². The van der Waals surface area contributed by atoms with Crippen molar-refractivity contribution in [1.29, 1.82) is 0 Å². The third-order valence-corrected chi connectivity index (χ3v) is 4.86. The van der Waals surface area contributed by atoms with Crippen LogP contribution in [0.4, 0.5) is 0 Å². The molecule has 2 N–H and O–H groups in total. The lowest BCUT2D eigenvalue weighted by molar-refractivity contribution is 0.0636. The molecule has 1 unspecified atom stereocenters. The van der Waals surface area contributed by atoms with Gasteiger partial charge in [-0.05, 0) is 54.5 Å². The Hall–Kier alpha value is -1.84. The van der Waals surface area contributed by atoms with Crippen LogP contribution in [-0.4, -0.2) is 34.7 Å². The molecule has 0 spiro atoms. The Morgan fingerprint density at radius 2 is 1.33 bits per heavy atom. The minimum absolute atomic E-state index is 0.217. The largest absolute Gasteiger partial charge is 0.508 e. The number of aliphatic hydroxyl groups is 1. The van der Waals surface area contributed by atoms with Gasteiger partial charge in [0.25, 0.3) is 0 Å². The van der Waals surface area contributed by atoms with E-state index in [9.17, 15) is 10.2 Å². The standard InChI is InChI=1S/C24H35NO2/c1-19(2)17-25(18-20(3)4)16-8-15-24(27,21-9-6-5-7-10-21)22-11-13-23(26)14-12-22/h5-7,9-14,19-20,26-27H,8,15-18H2,1-4H3. The maximum absolute atomic E-state index is 11.6. The normalized spacial score (nSPS) is 14.1. The van der Waals surface area contributed by atoms with E-state index in [0.29, 0.717) is 18.3 Å². The van der Waals surface area contributed by atoms with Crippen LogP contribution in [0.2, 0.25) is 0 Å². The summed E-state index contributed by atoms with van der Waals surface area (Å²) < 4.78 is 0. The molecule has 27 heavy (non-hydrogen) atoms. The number of hydrogen-bond acceptors (Lipinski definition) is 3. The molecule has 0 heterocycles. The van der Waals surface area contributed by atoms with Gasteiger partial charge in [-0.3, -0.25) is 0 Å². The number of hydrogen-bond donors (Lipinski definition) is 2. The number of rotatable bonds is 10. The molecule has 2 rings (SSSR count). The fourth-order valence-corrected chi connectivity index (χ4v) is 3.75. The maximum Gasteiger partial charge on any atom is 0.115 e. The zero-order chi connectivity index (χ0) is 19.9. The van der Waals surface area contributed by atoms with Crippen LogP contribution >= 0.6 is 0 Å². The number of phenolic OH excluding ortho intramolecular Hbond substituents is 1. The second-order valence-electron chi connectivity index (χ2n) is 8.42. The van der Waals surface area contributed by atoms with E-state index in [-0.39, 0.29) is 5.75 Å². The Morgan fingerprint density at radius 1 is 0.815 bits per heavy atom. The predicted molar refractivity (Wildman–Crippen MR) is 113 cm³/mol. The van der Waals surface area contributed by atoms with Crippen LogP contribution in [0.5, 0.6) is 5.75 Å². The molecule has 0 fully saturated rings. The molecular weight excluding hydrogens is 334 g/mol. The first-order valence-corrected chi connectivity index (χ1v) is 10.1. The Morgan fingerprint density at radius 3 is 1.85 bits per heavy atom. The van der Waals surface area contributed by atoms with Crippen LogP contribution in [0.3, 0.4) is 0 Å². The molecule has 0 bridgehead atoms. The first-order chi connectivity index (χ1) is 12.8. The van der Waals surface area contributed by atoms with E-state index in [1.807, 2.05) is 42.5 Å². The lowest BCUT2D eigenvalue weighted by atomic mass is 9.82. The van der Waals surface area contributed by atoms with E-state index in [2.05, 4.69) is 32.6 Å². The van der Waals surface area contributed by atoms with Crippen molar-refractivity contribution in [2.24, 2.45) is 11.8 Å². The summed E-state index contributed by atoms with van der Waals surface area (Å²) in [6.45, 7) is 12.2. The zero-order valence-corrected chi connectivity index (χ0v) is 17.2. The Labute approximate surface area is 164 Å². The topological polar surface area (TPSA) is 43.7 Å². The van der Waals surface area contributed by atoms with Gasteiger partial charge in [0.1, 0.15) is 11.4 Å². The highest BCUT2D eigenvalue weighted by Crippen LogP contribution is 2.35. The molecule has 0 radical (unpaired) electrons. The minimum Gasteiger partial charge on any atom is -0.508 e. The SMILES string of the molecule is CC(C)CN(CCCC(O)(c1ccccc1)c1ccc(O)cc1)CC(C)C. The van der Waals surface area contributed by atoms with Crippen molar-refractivity contribution < 1.29 is 10.2 Å². The molecule has 2 aromatic carbocycles. The Kier molecular flexibility index (Phi) is 7.88. The monoisotopic (exact) mass is 369 g/mol. The summed E-state index contributed by atoms with van der Waals surface area (Å²) >= 11 is 0. The second kappa shape index (κ2) is 9.91. The molecule has 0 amide bonds. The number of benzene rings is 2. The van der Waals surface area contributed by atoms with Crippen LogP contribution in [0.1, 0.15) is 51.7 Å². The summed E-state index contributed by atoms with van der Waals surface area (Å²) in [6, 6.07) is 16.8. The quantitative estimate of drug-likeness (QED) is 0.618.